The van der Waals surface area contributed by atoms with Crippen LogP contribution in [0.25, 0.3) is 0 Å². The molecular weight excluding hydrogens is 302 g/mol. The van der Waals surface area contributed by atoms with Gasteiger partial charge in [-0.05, 0) is 54.6 Å². The van der Waals surface area contributed by atoms with Gasteiger partial charge in [-0.1, -0.05) is 27.2 Å². The Kier molecular flexibility index (Phi) is 7.69. The summed E-state index contributed by atoms with van der Waals surface area (Å²) in [5, 5.41) is 8.13. The molecule has 0 amide bonds. The number of nitrogens with one attached hydrogen (secondary N) is 1. The lowest BCUT2D eigenvalue weighted by atomic mass is 10.0. The van der Waals surface area contributed by atoms with Crippen molar-refractivity contribution in [3.63, 3.8) is 0 Å². The highest BCUT2D eigenvalue weighted by atomic mass is 79.9. The molecule has 4 heteroatoms. The predicted octanol–water partition coefficient (Wildman–Crippen LogP) is 3.85. The Hall–Kier alpha value is -0.350. The first kappa shape index (κ1) is 16.7. The summed E-state index contributed by atoms with van der Waals surface area (Å²) in [5.74, 6) is 0. The molecule has 3 nitrogen and oxygen atoms in total. The average Bonchev–Trinajstić information content (AvgIpc) is 2.66. The number of nitrogens with zero attached hydrogens (tertiary/aromatic N) is 2. The van der Waals surface area contributed by atoms with Crippen molar-refractivity contribution in [2.75, 3.05) is 6.54 Å². The van der Waals surface area contributed by atoms with Crippen molar-refractivity contribution in [3.05, 3.63) is 15.9 Å². The predicted molar refractivity (Wildman–Crippen MR) is 85.6 cm³/mol. The van der Waals surface area contributed by atoms with Crippen LogP contribution in [0.1, 0.15) is 57.8 Å². The van der Waals surface area contributed by atoms with Crippen molar-refractivity contribution in [2.45, 2.75) is 65.3 Å². The summed E-state index contributed by atoms with van der Waals surface area (Å²) in [7, 11) is 2.05. The van der Waals surface area contributed by atoms with Crippen LogP contribution in [0, 0.1) is 0 Å². The van der Waals surface area contributed by atoms with Crippen LogP contribution in [-0.2, 0) is 19.9 Å². The van der Waals surface area contributed by atoms with E-state index in [0.29, 0.717) is 6.04 Å². The summed E-state index contributed by atoms with van der Waals surface area (Å²) >= 11 is 3.69. The van der Waals surface area contributed by atoms with E-state index >= 15 is 0 Å². The number of hydrogen-bond acceptors (Lipinski definition) is 2. The van der Waals surface area contributed by atoms with E-state index in [2.05, 4.69) is 47.1 Å². The van der Waals surface area contributed by atoms with Gasteiger partial charge >= 0.3 is 0 Å². The molecule has 0 bridgehead atoms. The van der Waals surface area contributed by atoms with Gasteiger partial charge in [-0.2, -0.15) is 5.10 Å². The first-order valence-corrected chi connectivity index (χ1v) is 8.36. The fourth-order valence-corrected chi connectivity index (χ4v) is 3.41. The number of hydrogen-bond donors (Lipinski definition) is 1. The van der Waals surface area contributed by atoms with E-state index < -0.39 is 0 Å². The van der Waals surface area contributed by atoms with Crippen LogP contribution in [-0.4, -0.2) is 22.4 Å². The van der Waals surface area contributed by atoms with Crippen molar-refractivity contribution in [1.29, 1.82) is 0 Å². The monoisotopic (exact) mass is 329 g/mol. The normalized spacial score (nSPS) is 12.9. The third-order valence-corrected chi connectivity index (χ3v) is 4.51. The Bertz CT molecular complexity index is 368. The quantitative estimate of drug-likeness (QED) is 0.745. The van der Waals surface area contributed by atoms with Crippen LogP contribution >= 0.6 is 15.9 Å². The molecule has 19 heavy (non-hydrogen) atoms. The van der Waals surface area contributed by atoms with E-state index in [-0.39, 0.29) is 0 Å². The summed E-state index contributed by atoms with van der Waals surface area (Å²) < 4.78 is 3.25. The molecule has 110 valence electrons. The molecular formula is C15H28BrN3. The second kappa shape index (κ2) is 8.75. The molecule has 1 unspecified atom stereocenters. The zero-order valence-corrected chi connectivity index (χ0v) is 14.4. The van der Waals surface area contributed by atoms with E-state index in [1.54, 1.807) is 0 Å². The summed E-state index contributed by atoms with van der Waals surface area (Å²) in [6.07, 6.45) is 7.10. The van der Waals surface area contributed by atoms with Crippen molar-refractivity contribution in [1.82, 2.24) is 15.1 Å². The van der Waals surface area contributed by atoms with Gasteiger partial charge in [0.25, 0.3) is 0 Å². The standard InChI is InChI=1S/C15H28BrN3/c1-5-9-12(17-7-3)10-8-11-14-15(16)13(6-2)18-19(14)4/h12,17H,5-11H2,1-4H3. The topological polar surface area (TPSA) is 29.9 Å². The fourth-order valence-electron chi connectivity index (χ4n) is 2.59. The van der Waals surface area contributed by atoms with Gasteiger partial charge in [0, 0.05) is 13.1 Å². The maximum absolute atomic E-state index is 4.55. The molecule has 1 rings (SSSR count). The van der Waals surface area contributed by atoms with E-state index in [1.165, 1.54) is 41.5 Å². The Labute approximate surface area is 126 Å². The highest BCUT2D eigenvalue weighted by molar-refractivity contribution is 9.10. The van der Waals surface area contributed by atoms with Gasteiger partial charge in [-0.15, -0.1) is 0 Å². The molecule has 0 saturated heterocycles. The summed E-state index contributed by atoms with van der Waals surface area (Å²) in [4.78, 5) is 0. The molecule has 1 atom stereocenters. The summed E-state index contributed by atoms with van der Waals surface area (Å²) in [6, 6.07) is 0.674. The Morgan fingerprint density at radius 3 is 2.53 bits per heavy atom. The van der Waals surface area contributed by atoms with Crippen molar-refractivity contribution in [2.24, 2.45) is 7.05 Å². The SMILES string of the molecule is CCCC(CCCc1c(Br)c(CC)nn1C)NCC. The number of aryl methyl sites for hydroxylation is 2. The van der Waals surface area contributed by atoms with Crippen molar-refractivity contribution >= 4 is 15.9 Å². The van der Waals surface area contributed by atoms with Crippen LogP contribution in [0.4, 0.5) is 0 Å². The second-order valence-corrected chi connectivity index (χ2v) is 5.91. The lowest BCUT2D eigenvalue weighted by molar-refractivity contribution is 0.445. The molecule has 0 radical (unpaired) electrons. The van der Waals surface area contributed by atoms with E-state index in [4.69, 9.17) is 0 Å². The molecule has 0 saturated carbocycles. The van der Waals surface area contributed by atoms with Gasteiger partial charge in [0.2, 0.25) is 0 Å². The van der Waals surface area contributed by atoms with Crippen LogP contribution in [0.3, 0.4) is 0 Å². The van der Waals surface area contributed by atoms with Gasteiger partial charge in [-0.25, -0.2) is 0 Å². The first-order valence-electron chi connectivity index (χ1n) is 7.57. The minimum Gasteiger partial charge on any atom is -0.314 e. The maximum atomic E-state index is 4.55. The molecule has 1 aromatic rings. The average molecular weight is 330 g/mol. The molecule has 0 spiro atoms. The van der Waals surface area contributed by atoms with Gasteiger partial charge < -0.3 is 5.32 Å². The lowest BCUT2D eigenvalue weighted by Crippen LogP contribution is -2.28. The smallest absolute Gasteiger partial charge is 0.0766 e. The number of rotatable bonds is 9. The third-order valence-electron chi connectivity index (χ3n) is 3.60. The zero-order chi connectivity index (χ0) is 14.3. The molecule has 0 fully saturated rings. The van der Waals surface area contributed by atoms with Crippen LogP contribution in [0.2, 0.25) is 0 Å². The molecule has 0 aromatic carbocycles. The highest BCUT2D eigenvalue weighted by Gasteiger charge is 2.13. The summed E-state index contributed by atoms with van der Waals surface area (Å²) in [5.41, 5.74) is 2.51. The maximum Gasteiger partial charge on any atom is 0.0766 e. The van der Waals surface area contributed by atoms with E-state index in [9.17, 15) is 0 Å². The Morgan fingerprint density at radius 2 is 2.00 bits per heavy atom. The minimum absolute atomic E-state index is 0.674. The van der Waals surface area contributed by atoms with Gasteiger partial charge in [0.15, 0.2) is 0 Å². The van der Waals surface area contributed by atoms with E-state index in [1.807, 2.05) is 11.7 Å². The molecule has 1 heterocycles. The third kappa shape index (κ3) is 4.92. The van der Waals surface area contributed by atoms with Gasteiger partial charge in [0.05, 0.1) is 15.9 Å². The van der Waals surface area contributed by atoms with Gasteiger partial charge in [-0.3, -0.25) is 4.68 Å². The van der Waals surface area contributed by atoms with Crippen LogP contribution in [0.5, 0.6) is 0 Å². The van der Waals surface area contributed by atoms with Gasteiger partial charge in [0.1, 0.15) is 0 Å². The van der Waals surface area contributed by atoms with Crippen molar-refractivity contribution < 1.29 is 0 Å². The first-order chi connectivity index (χ1) is 9.13. The van der Waals surface area contributed by atoms with Crippen LogP contribution < -0.4 is 5.32 Å². The second-order valence-electron chi connectivity index (χ2n) is 5.12. The highest BCUT2D eigenvalue weighted by Crippen LogP contribution is 2.23. The summed E-state index contributed by atoms with van der Waals surface area (Å²) in [6.45, 7) is 7.67. The number of halogens is 1. The molecule has 0 aliphatic rings. The number of aromatic nitrogens is 2. The largest absolute Gasteiger partial charge is 0.314 e. The Balaban J connectivity index is 2.50. The molecule has 0 aliphatic heterocycles. The Morgan fingerprint density at radius 1 is 1.26 bits per heavy atom. The molecule has 1 aromatic heterocycles. The minimum atomic E-state index is 0.674. The van der Waals surface area contributed by atoms with Crippen molar-refractivity contribution in [3.8, 4) is 0 Å². The lowest BCUT2D eigenvalue weighted by Gasteiger charge is -2.16. The molecule has 1 N–H and O–H groups in total. The zero-order valence-electron chi connectivity index (χ0n) is 12.8. The van der Waals surface area contributed by atoms with Crippen LogP contribution in [0.15, 0.2) is 4.47 Å². The van der Waals surface area contributed by atoms with E-state index in [0.717, 1.165) is 19.4 Å². The fraction of sp³-hybridized carbons (Fsp3) is 0.800. The molecule has 0 aliphatic carbocycles.